The van der Waals surface area contributed by atoms with Gasteiger partial charge in [0, 0.05) is 18.0 Å². The Labute approximate surface area is 122 Å². The SMILES string of the molecule is C=CCN(CC=C)C(=O)CC(NC(N)=O)c1cccs1. The average molecular weight is 293 g/mol. The van der Waals surface area contributed by atoms with Crippen LogP contribution in [-0.4, -0.2) is 29.9 Å². The summed E-state index contributed by atoms with van der Waals surface area (Å²) in [4.78, 5) is 25.8. The highest BCUT2D eigenvalue weighted by atomic mass is 32.1. The van der Waals surface area contributed by atoms with Crippen LogP contribution in [-0.2, 0) is 4.79 Å². The van der Waals surface area contributed by atoms with Crippen LogP contribution in [0, 0.1) is 0 Å². The van der Waals surface area contributed by atoms with Crippen LogP contribution in [0.5, 0.6) is 0 Å². The second kappa shape index (κ2) is 8.16. The fourth-order valence-corrected chi connectivity index (χ4v) is 2.56. The van der Waals surface area contributed by atoms with Crippen molar-refractivity contribution in [1.82, 2.24) is 10.2 Å². The first kappa shape index (κ1) is 16.0. The summed E-state index contributed by atoms with van der Waals surface area (Å²) in [5.41, 5.74) is 5.17. The summed E-state index contributed by atoms with van der Waals surface area (Å²) in [7, 11) is 0. The summed E-state index contributed by atoms with van der Waals surface area (Å²) >= 11 is 1.47. The molecule has 0 fully saturated rings. The maximum atomic E-state index is 12.3. The highest BCUT2D eigenvalue weighted by Gasteiger charge is 2.21. The molecule has 1 atom stereocenters. The molecule has 5 nitrogen and oxygen atoms in total. The van der Waals surface area contributed by atoms with E-state index < -0.39 is 12.1 Å². The number of primary amides is 1. The van der Waals surface area contributed by atoms with Gasteiger partial charge in [0.15, 0.2) is 0 Å². The van der Waals surface area contributed by atoms with E-state index in [0.29, 0.717) is 13.1 Å². The molecule has 1 aromatic heterocycles. The predicted molar refractivity (Wildman–Crippen MR) is 81.4 cm³/mol. The van der Waals surface area contributed by atoms with Crippen LogP contribution >= 0.6 is 11.3 Å². The van der Waals surface area contributed by atoms with Gasteiger partial charge in [-0.25, -0.2) is 4.79 Å². The van der Waals surface area contributed by atoms with E-state index in [4.69, 9.17) is 5.73 Å². The van der Waals surface area contributed by atoms with Gasteiger partial charge in [-0.05, 0) is 11.4 Å². The van der Waals surface area contributed by atoms with E-state index >= 15 is 0 Å². The van der Waals surface area contributed by atoms with Gasteiger partial charge in [-0.15, -0.1) is 24.5 Å². The minimum absolute atomic E-state index is 0.0862. The molecule has 0 radical (unpaired) electrons. The third-order valence-electron chi connectivity index (χ3n) is 2.63. The van der Waals surface area contributed by atoms with Crippen LogP contribution in [0.1, 0.15) is 17.3 Å². The number of thiophene rings is 1. The van der Waals surface area contributed by atoms with Crippen LogP contribution < -0.4 is 11.1 Å². The zero-order chi connectivity index (χ0) is 15.0. The lowest BCUT2D eigenvalue weighted by Crippen LogP contribution is -2.38. The molecule has 0 spiro atoms. The van der Waals surface area contributed by atoms with E-state index in [1.807, 2.05) is 17.5 Å². The molecule has 0 aromatic carbocycles. The molecule has 1 heterocycles. The lowest BCUT2D eigenvalue weighted by molar-refractivity contribution is -0.130. The first-order chi connectivity index (χ1) is 9.58. The average Bonchev–Trinajstić information content (AvgIpc) is 2.91. The number of amides is 3. The summed E-state index contributed by atoms with van der Waals surface area (Å²) < 4.78 is 0. The Morgan fingerprint density at radius 1 is 1.40 bits per heavy atom. The van der Waals surface area contributed by atoms with Crippen LogP contribution in [0.4, 0.5) is 4.79 Å². The smallest absolute Gasteiger partial charge is 0.312 e. The molecular formula is C14H19N3O2S. The van der Waals surface area contributed by atoms with Crippen LogP contribution in [0.3, 0.4) is 0 Å². The molecule has 0 saturated carbocycles. The highest BCUT2D eigenvalue weighted by Crippen LogP contribution is 2.22. The molecule has 1 aromatic rings. The number of nitrogens with one attached hydrogen (secondary N) is 1. The van der Waals surface area contributed by atoms with E-state index in [9.17, 15) is 9.59 Å². The summed E-state index contributed by atoms with van der Waals surface area (Å²) in [6, 6.07) is 2.68. The lowest BCUT2D eigenvalue weighted by Gasteiger charge is -2.23. The van der Waals surface area contributed by atoms with Gasteiger partial charge >= 0.3 is 6.03 Å². The lowest BCUT2D eigenvalue weighted by atomic mass is 10.1. The van der Waals surface area contributed by atoms with Crippen molar-refractivity contribution in [2.24, 2.45) is 5.73 Å². The fourth-order valence-electron chi connectivity index (χ4n) is 1.78. The maximum Gasteiger partial charge on any atom is 0.312 e. The molecule has 3 amide bonds. The van der Waals surface area contributed by atoms with Gasteiger partial charge in [0.25, 0.3) is 0 Å². The Morgan fingerprint density at radius 3 is 2.50 bits per heavy atom. The van der Waals surface area contributed by atoms with Crippen LogP contribution in [0.15, 0.2) is 42.8 Å². The quantitative estimate of drug-likeness (QED) is 0.720. The molecule has 108 valence electrons. The zero-order valence-corrected chi connectivity index (χ0v) is 12.1. The van der Waals surface area contributed by atoms with E-state index in [1.54, 1.807) is 17.1 Å². The Hall–Kier alpha value is -2.08. The fraction of sp³-hybridized carbons (Fsp3) is 0.286. The predicted octanol–water partition coefficient (Wildman–Crippen LogP) is 2.05. The Morgan fingerprint density at radius 2 is 2.05 bits per heavy atom. The van der Waals surface area contributed by atoms with Crippen molar-refractivity contribution in [3.63, 3.8) is 0 Å². The van der Waals surface area contributed by atoms with Gasteiger partial charge in [-0.2, -0.15) is 0 Å². The van der Waals surface area contributed by atoms with Gasteiger partial charge in [0.2, 0.25) is 5.91 Å². The number of nitrogens with two attached hydrogens (primary N) is 1. The van der Waals surface area contributed by atoms with Gasteiger partial charge in [0.1, 0.15) is 0 Å². The summed E-state index contributed by atoms with van der Waals surface area (Å²) in [5, 5.41) is 4.49. The normalized spacial score (nSPS) is 11.4. The number of hydrogen-bond donors (Lipinski definition) is 2. The molecule has 3 N–H and O–H groups in total. The Balaban J connectivity index is 2.77. The summed E-state index contributed by atoms with van der Waals surface area (Å²) in [5.74, 6) is -0.0862. The van der Waals surface area contributed by atoms with Crippen LogP contribution in [0.2, 0.25) is 0 Å². The zero-order valence-electron chi connectivity index (χ0n) is 11.2. The van der Waals surface area contributed by atoms with Crippen molar-refractivity contribution in [3.05, 3.63) is 47.7 Å². The number of carbonyl (C=O) groups excluding carboxylic acids is 2. The Kier molecular flexibility index (Phi) is 6.52. The molecule has 0 bridgehead atoms. The molecule has 0 aliphatic carbocycles. The van der Waals surface area contributed by atoms with Crippen molar-refractivity contribution in [3.8, 4) is 0 Å². The second-order valence-corrected chi connectivity index (χ2v) is 5.14. The molecule has 0 saturated heterocycles. The molecule has 0 aliphatic rings. The molecule has 1 unspecified atom stereocenters. The van der Waals surface area contributed by atoms with Gasteiger partial charge in [0.05, 0.1) is 12.5 Å². The van der Waals surface area contributed by atoms with Crippen molar-refractivity contribution in [1.29, 1.82) is 0 Å². The third kappa shape index (κ3) is 4.89. The van der Waals surface area contributed by atoms with Gasteiger partial charge in [-0.1, -0.05) is 18.2 Å². The number of nitrogens with zero attached hydrogens (tertiary/aromatic N) is 1. The van der Waals surface area contributed by atoms with Gasteiger partial charge < -0.3 is 16.0 Å². The van der Waals surface area contributed by atoms with Crippen molar-refractivity contribution >= 4 is 23.3 Å². The van der Waals surface area contributed by atoms with E-state index in [-0.39, 0.29) is 12.3 Å². The monoisotopic (exact) mass is 293 g/mol. The van der Waals surface area contributed by atoms with E-state index in [2.05, 4.69) is 18.5 Å². The van der Waals surface area contributed by atoms with E-state index in [0.717, 1.165) is 4.88 Å². The van der Waals surface area contributed by atoms with Crippen molar-refractivity contribution < 1.29 is 9.59 Å². The Bertz CT molecular complexity index is 461. The standard InChI is InChI=1S/C14H19N3O2S/c1-3-7-17(8-4-2)13(18)10-11(16-14(15)19)12-6-5-9-20-12/h3-6,9,11H,1-2,7-8,10H2,(H3,15,16,19). The highest BCUT2D eigenvalue weighted by molar-refractivity contribution is 7.10. The molecular weight excluding hydrogens is 274 g/mol. The van der Waals surface area contributed by atoms with Crippen LogP contribution in [0.25, 0.3) is 0 Å². The van der Waals surface area contributed by atoms with Crippen molar-refractivity contribution in [2.75, 3.05) is 13.1 Å². The number of urea groups is 1. The maximum absolute atomic E-state index is 12.3. The van der Waals surface area contributed by atoms with Gasteiger partial charge in [-0.3, -0.25) is 4.79 Å². The third-order valence-corrected chi connectivity index (χ3v) is 3.62. The number of hydrogen-bond acceptors (Lipinski definition) is 3. The molecule has 1 rings (SSSR count). The molecule has 20 heavy (non-hydrogen) atoms. The minimum atomic E-state index is -0.643. The topological polar surface area (TPSA) is 75.4 Å². The molecule has 6 heteroatoms. The summed E-state index contributed by atoms with van der Waals surface area (Å²) in [6.07, 6.45) is 3.47. The largest absolute Gasteiger partial charge is 0.352 e. The first-order valence-corrected chi connectivity index (χ1v) is 7.05. The molecule has 0 aliphatic heterocycles. The number of rotatable bonds is 8. The first-order valence-electron chi connectivity index (χ1n) is 6.17. The minimum Gasteiger partial charge on any atom is -0.352 e. The summed E-state index contributed by atoms with van der Waals surface area (Å²) in [6.45, 7) is 8.14. The second-order valence-electron chi connectivity index (χ2n) is 4.16. The van der Waals surface area contributed by atoms with E-state index in [1.165, 1.54) is 11.3 Å². The van der Waals surface area contributed by atoms with Crippen molar-refractivity contribution in [2.45, 2.75) is 12.5 Å². The number of carbonyl (C=O) groups is 2.